The van der Waals surface area contributed by atoms with Gasteiger partial charge in [0.1, 0.15) is 0 Å². The summed E-state index contributed by atoms with van der Waals surface area (Å²) in [5.74, 6) is 0. The van der Waals surface area contributed by atoms with Crippen LogP contribution in [0.2, 0.25) is 0 Å². The molecule has 0 saturated carbocycles. The van der Waals surface area contributed by atoms with Gasteiger partial charge < -0.3 is 10.6 Å². The molecule has 0 radical (unpaired) electrons. The highest BCUT2D eigenvalue weighted by molar-refractivity contribution is 5.89. The number of hydrogen-bond acceptors (Lipinski definition) is 2. The minimum Gasteiger partial charge on any atom is -0.352 e. The van der Waals surface area contributed by atoms with Gasteiger partial charge >= 0.3 is 0 Å². The number of anilines is 4. The molecule has 0 atom stereocenters. The molecule has 0 bridgehead atoms. The molecule has 1 aliphatic rings. The molecule has 2 heteroatoms. The number of fused-ring (bicyclic) bond motifs is 2. The van der Waals surface area contributed by atoms with Crippen LogP contribution in [0.3, 0.4) is 0 Å². The summed E-state index contributed by atoms with van der Waals surface area (Å²) in [6, 6.07) is 16.4. The van der Waals surface area contributed by atoms with Gasteiger partial charge in [0.05, 0.1) is 22.7 Å². The number of para-hydroxylation sites is 4. The minimum atomic E-state index is 1.13. The van der Waals surface area contributed by atoms with Crippen molar-refractivity contribution in [3.05, 3.63) is 48.5 Å². The average Bonchev–Trinajstić information content (AvgIpc) is 2.26. The fourth-order valence-corrected chi connectivity index (χ4v) is 1.69. The Morgan fingerprint density at radius 3 is 1.07 bits per heavy atom. The molecule has 0 aromatic heterocycles. The first-order valence-corrected chi connectivity index (χ1v) is 4.65. The third-order valence-corrected chi connectivity index (χ3v) is 2.39. The lowest BCUT2D eigenvalue weighted by atomic mass is 10.1. The molecule has 0 saturated heterocycles. The van der Waals surface area contributed by atoms with Gasteiger partial charge in [0.25, 0.3) is 0 Å². The van der Waals surface area contributed by atoms with Gasteiger partial charge in [0.2, 0.25) is 0 Å². The van der Waals surface area contributed by atoms with Crippen LogP contribution in [0.15, 0.2) is 48.5 Å². The van der Waals surface area contributed by atoms with Gasteiger partial charge in [0, 0.05) is 0 Å². The maximum Gasteiger partial charge on any atom is 0.0624 e. The standard InChI is InChI=1S/C12H10N2/c1-2-6-10-9(5-1)13-11-7-3-4-8-12(11)14-10/h1-8,13-14H. The molecule has 2 aromatic carbocycles. The Labute approximate surface area is 82.6 Å². The molecule has 68 valence electrons. The van der Waals surface area contributed by atoms with Crippen LogP contribution in [-0.4, -0.2) is 0 Å². The largest absolute Gasteiger partial charge is 0.352 e. The summed E-state index contributed by atoms with van der Waals surface area (Å²) in [7, 11) is 0. The van der Waals surface area contributed by atoms with E-state index in [0.29, 0.717) is 0 Å². The summed E-state index contributed by atoms with van der Waals surface area (Å²) in [6.45, 7) is 0. The van der Waals surface area contributed by atoms with Crippen LogP contribution >= 0.6 is 0 Å². The van der Waals surface area contributed by atoms with Crippen molar-refractivity contribution in [1.82, 2.24) is 0 Å². The first kappa shape index (κ1) is 7.44. The van der Waals surface area contributed by atoms with Crippen molar-refractivity contribution in [1.29, 1.82) is 0 Å². The Balaban J connectivity index is 2.12. The van der Waals surface area contributed by atoms with E-state index >= 15 is 0 Å². The number of nitrogens with one attached hydrogen (secondary N) is 2. The van der Waals surface area contributed by atoms with E-state index in [2.05, 4.69) is 34.9 Å². The second-order valence-electron chi connectivity index (χ2n) is 3.34. The quantitative estimate of drug-likeness (QED) is 0.556. The molecule has 1 aliphatic heterocycles. The molecule has 2 nitrogen and oxygen atoms in total. The number of benzene rings is 2. The van der Waals surface area contributed by atoms with E-state index in [0.717, 1.165) is 22.7 Å². The van der Waals surface area contributed by atoms with Crippen molar-refractivity contribution in [3.63, 3.8) is 0 Å². The lowest BCUT2D eigenvalue weighted by molar-refractivity contribution is 1.45. The van der Waals surface area contributed by atoms with E-state index in [1.165, 1.54) is 0 Å². The van der Waals surface area contributed by atoms with Crippen molar-refractivity contribution >= 4 is 22.7 Å². The first-order valence-electron chi connectivity index (χ1n) is 4.65. The number of rotatable bonds is 0. The van der Waals surface area contributed by atoms with Crippen LogP contribution in [0.4, 0.5) is 22.7 Å². The minimum absolute atomic E-state index is 1.13. The predicted molar refractivity (Wildman–Crippen MR) is 59.4 cm³/mol. The van der Waals surface area contributed by atoms with Crippen molar-refractivity contribution in [2.24, 2.45) is 0 Å². The molecule has 1 heterocycles. The van der Waals surface area contributed by atoms with Crippen LogP contribution in [0, 0.1) is 0 Å². The van der Waals surface area contributed by atoms with Gasteiger partial charge in [-0.25, -0.2) is 0 Å². The third kappa shape index (κ3) is 1.04. The van der Waals surface area contributed by atoms with E-state index in [9.17, 15) is 0 Å². The van der Waals surface area contributed by atoms with E-state index in [1.54, 1.807) is 0 Å². The fourth-order valence-electron chi connectivity index (χ4n) is 1.69. The molecule has 3 rings (SSSR count). The zero-order chi connectivity index (χ0) is 9.38. The van der Waals surface area contributed by atoms with Crippen LogP contribution in [-0.2, 0) is 0 Å². The van der Waals surface area contributed by atoms with Crippen LogP contribution < -0.4 is 10.6 Å². The van der Waals surface area contributed by atoms with E-state index in [-0.39, 0.29) is 0 Å². The molecule has 2 aromatic rings. The molecular formula is C12H10N2. The summed E-state index contributed by atoms with van der Waals surface area (Å²) in [5, 5.41) is 6.76. The summed E-state index contributed by atoms with van der Waals surface area (Å²) >= 11 is 0. The van der Waals surface area contributed by atoms with Crippen molar-refractivity contribution in [2.75, 3.05) is 10.6 Å². The summed E-state index contributed by atoms with van der Waals surface area (Å²) < 4.78 is 0. The van der Waals surface area contributed by atoms with Crippen LogP contribution in [0.1, 0.15) is 0 Å². The van der Waals surface area contributed by atoms with Gasteiger partial charge in [-0.15, -0.1) is 0 Å². The summed E-state index contributed by atoms with van der Waals surface area (Å²) in [6.07, 6.45) is 0. The highest BCUT2D eigenvalue weighted by atomic mass is 15.0. The van der Waals surface area contributed by atoms with Gasteiger partial charge in [-0.3, -0.25) is 0 Å². The molecular weight excluding hydrogens is 172 g/mol. The van der Waals surface area contributed by atoms with Crippen molar-refractivity contribution in [3.8, 4) is 0 Å². The highest BCUT2D eigenvalue weighted by Gasteiger charge is 2.11. The topological polar surface area (TPSA) is 24.1 Å². The predicted octanol–water partition coefficient (Wildman–Crippen LogP) is 3.49. The zero-order valence-corrected chi connectivity index (χ0v) is 7.62. The van der Waals surface area contributed by atoms with E-state index < -0.39 is 0 Å². The molecule has 2 N–H and O–H groups in total. The molecule has 14 heavy (non-hydrogen) atoms. The number of hydrogen-bond donors (Lipinski definition) is 2. The molecule has 0 spiro atoms. The molecule has 0 fully saturated rings. The summed E-state index contributed by atoms with van der Waals surface area (Å²) in [4.78, 5) is 0. The maximum atomic E-state index is 3.38. The Morgan fingerprint density at radius 2 is 0.786 bits per heavy atom. The maximum absolute atomic E-state index is 3.38. The zero-order valence-electron chi connectivity index (χ0n) is 7.62. The Hall–Kier alpha value is -1.96. The van der Waals surface area contributed by atoms with Gasteiger partial charge in [-0.1, -0.05) is 24.3 Å². The molecule has 0 aliphatic carbocycles. The smallest absolute Gasteiger partial charge is 0.0624 e. The second-order valence-corrected chi connectivity index (χ2v) is 3.34. The first-order chi connectivity index (χ1) is 6.93. The second kappa shape index (κ2) is 2.77. The van der Waals surface area contributed by atoms with Crippen molar-refractivity contribution < 1.29 is 0 Å². The Morgan fingerprint density at radius 1 is 0.500 bits per heavy atom. The van der Waals surface area contributed by atoms with Crippen molar-refractivity contribution in [2.45, 2.75) is 0 Å². The van der Waals surface area contributed by atoms with Crippen LogP contribution in [0.5, 0.6) is 0 Å². The van der Waals surface area contributed by atoms with Gasteiger partial charge in [-0.05, 0) is 24.3 Å². The highest BCUT2D eigenvalue weighted by Crippen LogP contribution is 2.37. The lowest BCUT2D eigenvalue weighted by Gasteiger charge is -2.22. The third-order valence-electron chi connectivity index (χ3n) is 2.39. The summed E-state index contributed by atoms with van der Waals surface area (Å²) in [5.41, 5.74) is 4.52. The Bertz CT molecular complexity index is 390. The molecule has 0 amide bonds. The average molecular weight is 182 g/mol. The fraction of sp³-hybridized carbons (Fsp3) is 0. The Kier molecular flexibility index (Phi) is 1.47. The SMILES string of the molecule is c1ccc2c(c1)Nc1ccccc1N2. The van der Waals surface area contributed by atoms with Gasteiger partial charge in [0.15, 0.2) is 0 Å². The molecule has 0 unspecified atom stereocenters. The van der Waals surface area contributed by atoms with E-state index in [1.807, 2.05) is 24.3 Å². The van der Waals surface area contributed by atoms with E-state index in [4.69, 9.17) is 0 Å². The normalized spacial score (nSPS) is 12.0. The lowest BCUT2D eigenvalue weighted by Crippen LogP contribution is -2.05. The monoisotopic (exact) mass is 182 g/mol. The van der Waals surface area contributed by atoms with Gasteiger partial charge in [-0.2, -0.15) is 0 Å². The van der Waals surface area contributed by atoms with Crippen LogP contribution in [0.25, 0.3) is 0 Å².